The van der Waals surface area contributed by atoms with Gasteiger partial charge in [0.05, 0.1) is 25.4 Å². The number of hydrogen-bond donors (Lipinski definition) is 1. The fourth-order valence-electron chi connectivity index (χ4n) is 4.83. The Balaban J connectivity index is 1.32. The molecule has 0 saturated carbocycles. The second-order valence-corrected chi connectivity index (χ2v) is 8.30. The Morgan fingerprint density at radius 2 is 1.93 bits per heavy atom. The lowest BCUT2D eigenvalue weighted by molar-refractivity contribution is -0.0406. The molecule has 29 heavy (non-hydrogen) atoms. The van der Waals surface area contributed by atoms with Crippen LogP contribution in [0.25, 0.3) is 0 Å². The van der Waals surface area contributed by atoms with Gasteiger partial charge in [-0.2, -0.15) is 5.10 Å². The highest BCUT2D eigenvalue weighted by atomic mass is 19.1. The van der Waals surface area contributed by atoms with E-state index < -0.39 is 6.10 Å². The molecule has 2 fully saturated rings. The van der Waals surface area contributed by atoms with Crippen LogP contribution in [0.2, 0.25) is 0 Å². The number of fused-ring (bicyclic) bond motifs is 2. The minimum absolute atomic E-state index is 0.115. The van der Waals surface area contributed by atoms with E-state index in [2.05, 4.69) is 10.00 Å². The van der Waals surface area contributed by atoms with E-state index in [0.29, 0.717) is 36.6 Å². The summed E-state index contributed by atoms with van der Waals surface area (Å²) in [6, 6.07) is 7.45. The maximum atomic E-state index is 13.8. The third kappa shape index (κ3) is 4.29. The van der Waals surface area contributed by atoms with Crippen LogP contribution in [0.4, 0.5) is 4.39 Å². The summed E-state index contributed by atoms with van der Waals surface area (Å²) in [6.07, 6.45) is 3.44. The number of aryl methyl sites for hydroxylation is 2. The molecule has 2 aromatic rings. The van der Waals surface area contributed by atoms with Gasteiger partial charge in [-0.1, -0.05) is 18.2 Å². The molecule has 3 unspecified atom stereocenters. The van der Waals surface area contributed by atoms with Crippen LogP contribution in [0.5, 0.6) is 0 Å². The van der Waals surface area contributed by atoms with E-state index >= 15 is 0 Å². The van der Waals surface area contributed by atoms with E-state index in [1.165, 1.54) is 15.3 Å². The second kappa shape index (κ2) is 8.38. The van der Waals surface area contributed by atoms with Crippen molar-refractivity contribution in [3.63, 3.8) is 0 Å². The summed E-state index contributed by atoms with van der Waals surface area (Å²) in [5.41, 5.74) is 0.389. The van der Waals surface area contributed by atoms with Crippen LogP contribution < -0.4 is 5.69 Å². The molecule has 3 heterocycles. The van der Waals surface area contributed by atoms with Crippen molar-refractivity contribution < 1.29 is 14.2 Å². The highest BCUT2D eigenvalue weighted by molar-refractivity contribution is 5.16. The fraction of sp³-hybridized carbons (Fsp3) is 0.619. The fourth-order valence-corrected chi connectivity index (χ4v) is 4.83. The van der Waals surface area contributed by atoms with Crippen molar-refractivity contribution in [3.8, 4) is 0 Å². The van der Waals surface area contributed by atoms with Gasteiger partial charge < -0.3 is 9.84 Å². The van der Waals surface area contributed by atoms with Crippen molar-refractivity contribution in [2.24, 2.45) is 7.05 Å². The van der Waals surface area contributed by atoms with Gasteiger partial charge in [0.1, 0.15) is 11.6 Å². The molecule has 158 valence electrons. The van der Waals surface area contributed by atoms with Crippen molar-refractivity contribution in [2.75, 3.05) is 6.54 Å². The van der Waals surface area contributed by atoms with E-state index in [1.807, 2.05) is 6.07 Å². The van der Waals surface area contributed by atoms with Gasteiger partial charge in [0.25, 0.3) is 0 Å². The topological polar surface area (TPSA) is 72.5 Å². The van der Waals surface area contributed by atoms with Gasteiger partial charge in [-0.15, -0.1) is 0 Å². The minimum atomic E-state index is -0.630. The van der Waals surface area contributed by atoms with E-state index in [0.717, 1.165) is 25.7 Å². The van der Waals surface area contributed by atoms with Crippen molar-refractivity contribution in [1.82, 2.24) is 19.2 Å². The van der Waals surface area contributed by atoms with Gasteiger partial charge in [-0.3, -0.25) is 9.47 Å². The number of aliphatic hydroxyl groups excluding tert-OH is 1. The summed E-state index contributed by atoms with van der Waals surface area (Å²) >= 11 is 0. The number of aromatic nitrogens is 3. The predicted molar refractivity (Wildman–Crippen MR) is 106 cm³/mol. The minimum Gasteiger partial charge on any atom is -0.390 e. The van der Waals surface area contributed by atoms with Crippen LogP contribution in [0.3, 0.4) is 0 Å². The zero-order valence-electron chi connectivity index (χ0n) is 17.0. The molecule has 1 N–H and O–H groups in total. The molecule has 8 heteroatoms. The predicted octanol–water partition coefficient (Wildman–Crippen LogP) is 1.60. The van der Waals surface area contributed by atoms with Crippen LogP contribution in [0.15, 0.2) is 29.1 Å². The first-order valence-electron chi connectivity index (χ1n) is 10.3. The van der Waals surface area contributed by atoms with Crippen molar-refractivity contribution in [1.29, 1.82) is 0 Å². The number of nitrogens with zero attached hydrogens (tertiary/aromatic N) is 4. The normalized spacial score (nSPS) is 25.4. The third-order valence-electron chi connectivity index (χ3n) is 6.28. The maximum absolute atomic E-state index is 13.8. The molecule has 1 aromatic carbocycles. The number of hydrogen-bond acceptors (Lipinski definition) is 5. The molecule has 3 atom stereocenters. The quantitative estimate of drug-likeness (QED) is 0.759. The number of aliphatic hydroxyl groups is 1. The number of piperidine rings is 1. The summed E-state index contributed by atoms with van der Waals surface area (Å²) in [4.78, 5) is 14.5. The molecular weight excluding hydrogens is 375 g/mol. The Bertz CT molecular complexity index is 898. The van der Waals surface area contributed by atoms with E-state index in [9.17, 15) is 14.3 Å². The number of ether oxygens (including phenoxy) is 1. The van der Waals surface area contributed by atoms with Crippen LogP contribution in [0, 0.1) is 12.7 Å². The lowest BCUT2D eigenvalue weighted by Gasteiger charge is -2.39. The average Bonchev–Trinajstić information content (AvgIpc) is 3.06. The Morgan fingerprint density at radius 1 is 1.24 bits per heavy atom. The SMILES string of the molecule is Cc1nn(C)c(=O)n1CC(O)CN1C2CCC1CC(OCc1ccccc1F)C2. The van der Waals surface area contributed by atoms with Gasteiger partial charge >= 0.3 is 5.69 Å². The lowest BCUT2D eigenvalue weighted by Crippen LogP contribution is -2.49. The van der Waals surface area contributed by atoms with Crippen LogP contribution in [0.1, 0.15) is 37.1 Å². The second-order valence-electron chi connectivity index (χ2n) is 8.30. The number of halogens is 1. The molecule has 4 rings (SSSR count). The van der Waals surface area contributed by atoms with E-state index in [1.54, 1.807) is 26.1 Å². The smallest absolute Gasteiger partial charge is 0.345 e. The van der Waals surface area contributed by atoms with Gasteiger partial charge in [0.15, 0.2) is 0 Å². The zero-order chi connectivity index (χ0) is 20.5. The molecule has 2 saturated heterocycles. The molecule has 0 radical (unpaired) electrons. The molecule has 0 spiro atoms. The summed E-state index contributed by atoms with van der Waals surface area (Å²) in [7, 11) is 1.62. The van der Waals surface area contributed by atoms with E-state index in [4.69, 9.17) is 4.74 Å². The standard InChI is InChI=1S/C21H29FN4O3/c1-14-23-24(2)21(28)25(14)11-18(27)12-26-16-7-8-17(26)10-19(9-16)29-13-15-5-3-4-6-20(15)22/h3-6,16-19,27H,7-13H2,1-2H3. The lowest BCUT2D eigenvalue weighted by atomic mass is 9.99. The molecule has 0 amide bonds. The highest BCUT2D eigenvalue weighted by Gasteiger charge is 2.41. The number of rotatable bonds is 7. The van der Waals surface area contributed by atoms with Gasteiger partial charge in [-0.05, 0) is 38.7 Å². The Morgan fingerprint density at radius 3 is 2.55 bits per heavy atom. The molecule has 2 aliphatic heterocycles. The molecule has 2 bridgehead atoms. The van der Waals surface area contributed by atoms with Crippen molar-refractivity contribution >= 4 is 0 Å². The summed E-state index contributed by atoms with van der Waals surface area (Å²) in [5, 5.41) is 14.7. The first kappa shape index (κ1) is 20.3. The summed E-state index contributed by atoms with van der Waals surface area (Å²) in [6.45, 7) is 2.86. The Labute approximate surface area is 169 Å². The van der Waals surface area contributed by atoms with Gasteiger partial charge in [0.2, 0.25) is 0 Å². The Kier molecular flexibility index (Phi) is 5.85. The largest absolute Gasteiger partial charge is 0.390 e. The summed E-state index contributed by atoms with van der Waals surface area (Å²) < 4.78 is 22.7. The molecule has 7 nitrogen and oxygen atoms in total. The van der Waals surface area contributed by atoms with Crippen LogP contribution in [-0.2, 0) is 24.9 Å². The average molecular weight is 404 g/mol. The molecular formula is C21H29FN4O3. The van der Waals surface area contributed by atoms with Crippen molar-refractivity contribution in [2.45, 2.75) is 70.1 Å². The van der Waals surface area contributed by atoms with Gasteiger partial charge in [-0.25, -0.2) is 13.9 Å². The van der Waals surface area contributed by atoms with Gasteiger partial charge in [0, 0.05) is 31.2 Å². The first-order chi connectivity index (χ1) is 13.9. The molecule has 2 aliphatic rings. The van der Waals surface area contributed by atoms with E-state index in [-0.39, 0.29) is 24.2 Å². The first-order valence-corrected chi connectivity index (χ1v) is 10.3. The third-order valence-corrected chi connectivity index (χ3v) is 6.28. The van der Waals surface area contributed by atoms with Crippen molar-refractivity contribution in [3.05, 3.63) is 52.0 Å². The zero-order valence-corrected chi connectivity index (χ0v) is 17.0. The van der Waals surface area contributed by atoms with Crippen LogP contribution in [-0.4, -0.2) is 55.2 Å². The monoisotopic (exact) mass is 404 g/mol. The molecule has 0 aliphatic carbocycles. The highest BCUT2D eigenvalue weighted by Crippen LogP contribution is 2.37. The molecule has 1 aromatic heterocycles. The number of benzene rings is 1. The maximum Gasteiger partial charge on any atom is 0.345 e. The summed E-state index contributed by atoms with van der Waals surface area (Å²) in [5.74, 6) is 0.386. The van der Waals surface area contributed by atoms with Crippen LogP contribution >= 0.6 is 0 Å². The Hall–Kier alpha value is -2.03.